The maximum absolute atomic E-state index is 10.1. The minimum absolute atomic E-state index is 0.0234. The van der Waals surface area contributed by atoms with E-state index in [9.17, 15) is 5.11 Å². The number of hydrogen-bond donors (Lipinski definition) is 2. The quantitative estimate of drug-likeness (QED) is 0.814. The van der Waals surface area contributed by atoms with Crippen LogP contribution in [0.4, 0.5) is 0 Å². The highest BCUT2D eigenvalue weighted by Crippen LogP contribution is 2.17. The normalized spacial score (nSPS) is 14.1. The van der Waals surface area contributed by atoms with Crippen LogP contribution in [0.15, 0.2) is 6.20 Å². The molecule has 16 heavy (non-hydrogen) atoms. The summed E-state index contributed by atoms with van der Waals surface area (Å²) in [5.74, 6) is 0. The number of nitrogens with zero attached hydrogens (tertiary/aromatic N) is 2. The van der Waals surface area contributed by atoms with Crippen molar-refractivity contribution in [3.63, 3.8) is 0 Å². The van der Waals surface area contributed by atoms with E-state index in [1.165, 1.54) is 0 Å². The van der Waals surface area contributed by atoms with Gasteiger partial charge in [-0.1, -0.05) is 6.92 Å². The lowest BCUT2D eigenvalue weighted by molar-refractivity contribution is 0.162. The highest BCUT2D eigenvalue weighted by atomic mass is 16.3. The Labute approximate surface area is 97.7 Å². The molecular formula is C12H23N3O. The SMILES string of the molecule is CCc1nn(C)cc1C(O)CNC(C)(C)C. The monoisotopic (exact) mass is 225 g/mol. The molecule has 1 rings (SSSR count). The second-order valence-corrected chi connectivity index (χ2v) is 5.21. The Hall–Kier alpha value is -0.870. The molecule has 0 radical (unpaired) electrons. The third-order valence-electron chi connectivity index (χ3n) is 2.46. The molecule has 0 saturated carbocycles. The highest BCUT2D eigenvalue weighted by molar-refractivity contribution is 5.20. The molecule has 0 aliphatic heterocycles. The van der Waals surface area contributed by atoms with Crippen LogP contribution in [0.2, 0.25) is 0 Å². The molecule has 1 aromatic heterocycles. The van der Waals surface area contributed by atoms with Crippen molar-refractivity contribution in [3.05, 3.63) is 17.5 Å². The van der Waals surface area contributed by atoms with Crippen molar-refractivity contribution in [3.8, 4) is 0 Å². The maximum atomic E-state index is 10.1. The lowest BCUT2D eigenvalue weighted by Crippen LogP contribution is -2.38. The zero-order chi connectivity index (χ0) is 12.3. The molecule has 4 heteroatoms. The van der Waals surface area contributed by atoms with Gasteiger partial charge >= 0.3 is 0 Å². The van der Waals surface area contributed by atoms with Gasteiger partial charge in [-0.05, 0) is 27.2 Å². The average molecular weight is 225 g/mol. The average Bonchev–Trinajstić information content (AvgIpc) is 2.55. The van der Waals surface area contributed by atoms with Gasteiger partial charge in [0, 0.05) is 30.9 Å². The van der Waals surface area contributed by atoms with Crippen LogP contribution in [0, 0.1) is 0 Å². The van der Waals surface area contributed by atoms with E-state index >= 15 is 0 Å². The Kier molecular flexibility index (Phi) is 4.10. The second kappa shape index (κ2) is 4.97. The fourth-order valence-electron chi connectivity index (χ4n) is 1.62. The summed E-state index contributed by atoms with van der Waals surface area (Å²) in [5, 5.41) is 17.7. The van der Waals surface area contributed by atoms with Gasteiger partial charge in [0.2, 0.25) is 0 Å². The van der Waals surface area contributed by atoms with Gasteiger partial charge in [-0.3, -0.25) is 4.68 Å². The minimum atomic E-state index is -0.483. The van der Waals surface area contributed by atoms with Crippen LogP contribution in [0.3, 0.4) is 0 Å². The number of aryl methyl sites for hydroxylation is 2. The Morgan fingerprint density at radius 3 is 2.62 bits per heavy atom. The summed E-state index contributed by atoms with van der Waals surface area (Å²) in [6.07, 6.45) is 2.26. The summed E-state index contributed by atoms with van der Waals surface area (Å²) >= 11 is 0. The lowest BCUT2D eigenvalue weighted by Gasteiger charge is -2.22. The van der Waals surface area contributed by atoms with Crippen LogP contribution in [0.1, 0.15) is 45.1 Å². The molecule has 1 aromatic rings. The molecule has 0 fully saturated rings. The first-order valence-corrected chi connectivity index (χ1v) is 5.79. The molecule has 92 valence electrons. The zero-order valence-electron chi connectivity index (χ0n) is 10.9. The van der Waals surface area contributed by atoms with E-state index in [-0.39, 0.29) is 5.54 Å². The molecule has 2 N–H and O–H groups in total. The van der Waals surface area contributed by atoms with Crippen LogP contribution in [-0.4, -0.2) is 27.0 Å². The van der Waals surface area contributed by atoms with Crippen molar-refractivity contribution in [1.29, 1.82) is 0 Å². The zero-order valence-corrected chi connectivity index (χ0v) is 10.9. The maximum Gasteiger partial charge on any atom is 0.0947 e. The Morgan fingerprint density at radius 2 is 2.12 bits per heavy atom. The molecule has 1 unspecified atom stereocenters. The number of β-amino-alcohol motifs (C(OH)–C–C–N with tert-alkyl or cyclic N) is 1. The van der Waals surface area contributed by atoms with Crippen molar-refractivity contribution in [2.24, 2.45) is 7.05 Å². The van der Waals surface area contributed by atoms with Crippen LogP contribution in [0.25, 0.3) is 0 Å². The summed E-state index contributed by atoms with van der Waals surface area (Å²) in [5.41, 5.74) is 1.93. The van der Waals surface area contributed by atoms with Crippen molar-refractivity contribution in [1.82, 2.24) is 15.1 Å². The smallest absolute Gasteiger partial charge is 0.0947 e. The second-order valence-electron chi connectivity index (χ2n) is 5.21. The number of aromatic nitrogens is 2. The van der Waals surface area contributed by atoms with E-state index in [4.69, 9.17) is 0 Å². The number of rotatable bonds is 4. The number of hydrogen-bond acceptors (Lipinski definition) is 3. The van der Waals surface area contributed by atoms with Gasteiger partial charge < -0.3 is 10.4 Å². The van der Waals surface area contributed by atoms with Crippen LogP contribution in [-0.2, 0) is 13.5 Å². The van der Waals surface area contributed by atoms with Gasteiger partial charge in [-0.2, -0.15) is 5.10 Å². The van der Waals surface area contributed by atoms with E-state index in [1.807, 2.05) is 13.2 Å². The van der Waals surface area contributed by atoms with Gasteiger partial charge in [0.15, 0.2) is 0 Å². The number of aliphatic hydroxyl groups is 1. The fourth-order valence-corrected chi connectivity index (χ4v) is 1.62. The summed E-state index contributed by atoms with van der Waals surface area (Å²) in [6, 6.07) is 0. The Bertz CT molecular complexity index is 339. The fraction of sp³-hybridized carbons (Fsp3) is 0.750. The minimum Gasteiger partial charge on any atom is -0.387 e. The van der Waals surface area contributed by atoms with Crippen molar-refractivity contribution < 1.29 is 5.11 Å². The first-order valence-electron chi connectivity index (χ1n) is 5.79. The molecule has 0 aromatic carbocycles. The third-order valence-corrected chi connectivity index (χ3v) is 2.46. The van der Waals surface area contributed by atoms with Gasteiger partial charge in [0.05, 0.1) is 11.8 Å². The molecule has 1 heterocycles. The third kappa shape index (κ3) is 3.61. The van der Waals surface area contributed by atoms with Crippen molar-refractivity contribution >= 4 is 0 Å². The standard InChI is InChI=1S/C12H23N3O/c1-6-10-9(8-15(5)14-10)11(16)7-13-12(2,3)4/h8,11,13,16H,6-7H2,1-5H3. The molecular weight excluding hydrogens is 202 g/mol. The molecule has 0 aliphatic rings. The molecule has 1 atom stereocenters. The first-order chi connectivity index (χ1) is 7.33. The summed E-state index contributed by atoms with van der Waals surface area (Å²) < 4.78 is 1.76. The van der Waals surface area contributed by atoms with E-state index in [0.717, 1.165) is 17.7 Å². The number of nitrogens with one attached hydrogen (secondary N) is 1. The molecule has 0 saturated heterocycles. The predicted molar refractivity (Wildman–Crippen MR) is 65.3 cm³/mol. The largest absolute Gasteiger partial charge is 0.387 e. The topological polar surface area (TPSA) is 50.1 Å². The molecule has 0 spiro atoms. The van der Waals surface area contributed by atoms with Crippen LogP contribution < -0.4 is 5.32 Å². The van der Waals surface area contributed by atoms with Gasteiger partial charge in [0.1, 0.15) is 0 Å². The lowest BCUT2D eigenvalue weighted by atomic mass is 10.1. The van der Waals surface area contributed by atoms with Crippen LogP contribution >= 0.6 is 0 Å². The number of aliphatic hydroxyl groups excluding tert-OH is 1. The van der Waals surface area contributed by atoms with Crippen LogP contribution in [0.5, 0.6) is 0 Å². The molecule has 0 bridgehead atoms. The van der Waals surface area contributed by atoms with Gasteiger partial charge in [-0.25, -0.2) is 0 Å². The van der Waals surface area contributed by atoms with Crippen molar-refractivity contribution in [2.45, 2.75) is 45.8 Å². The molecule has 0 amide bonds. The van der Waals surface area contributed by atoms with Gasteiger partial charge in [0.25, 0.3) is 0 Å². The van der Waals surface area contributed by atoms with Gasteiger partial charge in [-0.15, -0.1) is 0 Å². The Morgan fingerprint density at radius 1 is 1.50 bits per heavy atom. The van der Waals surface area contributed by atoms with E-state index in [0.29, 0.717) is 6.54 Å². The van der Waals surface area contributed by atoms with E-state index in [2.05, 4.69) is 38.1 Å². The molecule has 4 nitrogen and oxygen atoms in total. The highest BCUT2D eigenvalue weighted by Gasteiger charge is 2.17. The first kappa shape index (κ1) is 13.2. The Balaban J connectivity index is 2.68. The van der Waals surface area contributed by atoms with E-state index in [1.54, 1.807) is 4.68 Å². The van der Waals surface area contributed by atoms with E-state index < -0.39 is 6.10 Å². The molecule has 0 aliphatic carbocycles. The summed E-state index contributed by atoms with van der Waals surface area (Å²) in [4.78, 5) is 0. The summed E-state index contributed by atoms with van der Waals surface area (Å²) in [7, 11) is 1.88. The predicted octanol–water partition coefficient (Wildman–Crippen LogP) is 1.40. The summed E-state index contributed by atoms with van der Waals surface area (Å²) in [6.45, 7) is 8.87. The van der Waals surface area contributed by atoms with Crippen molar-refractivity contribution in [2.75, 3.05) is 6.54 Å².